The molecule has 0 heterocycles. The summed E-state index contributed by atoms with van der Waals surface area (Å²) in [4.78, 5) is 0. The maximum atomic E-state index is 13.4. The number of rotatable bonds is 9. The van der Waals surface area contributed by atoms with Crippen molar-refractivity contribution in [2.75, 3.05) is 11.9 Å². The first-order chi connectivity index (χ1) is 14.1. The summed E-state index contributed by atoms with van der Waals surface area (Å²) in [5, 5.41) is 3.52. The van der Waals surface area contributed by atoms with Crippen molar-refractivity contribution in [3.05, 3.63) is 86.7 Å². The topological polar surface area (TPSA) is 30.5 Å². The zero-order valence-electron chi connectivity index (χ0n) is 16.7. The van der Waals surface area contributed by atoms with E-state index < -0.39 is 0 Å². The van der Waals surface area contributed by atoms with Crippen LogP contribution in [-0.4, -0.2) is 6.61 Å². The number of hydrogen-bond donors (Lipinski definition) is 1. The molecule has 3 aromatic rings. The molecule has 3 aromatic carbocycles. The molecule has 152 valence electrons. The van der Waals surface area contributed by atoms with Gasteiger partial charge in [-0.1, -0.05) is 37.3 Å². The molecular weight excluding hydrogens is 480 g/mol. The van der Waals surface area contributed by atoms with Gasteiger partial charge in [0.25, 0.3) is 0 Å². The predicted octanol–water partition coefficient (Wildman–Crippen LogP) is 6.58. The third-order valence-electron chi connectivity index (χ3n) is 4.52. The summed E-state index contributed by atoms with van der Waals surface area (Å²) in [6, 6.07) is 18.9. The monoisotopic (exact) mass is 505 g/mol. The van der Waals surface area contributed by atoms with Gasteiger partial charge in [-0.2, -0.15) is 0 Å². The molecule has 29 heavy (non-hydrogen) atoms. The van der Waals surface area contributed by atoms with Gasteiger partial charge in [-0.15, -0.1) is 0 Å². The fourth-order valence-electron chi connectivity index (χ4n) is 3.11. The van der Waals surface area contributed by atoms with Crippen molar-refractivity contribution in [2.24, 2.45) is 0 Å². The van der Waals surface area contributed by atoms with E-state index in [2.05, 4.69) is 59.1 Å². The molecule has 1 N–H and O–H groups in total. The SMILES string of the molecule is CCOc1cc(CNc2ccccc2CC)cc(I)c1OCc1cccc(F)c1. The highest BCUT2D eigenvalue weighted by molar-refractivity contribution is 14.1. The molecule has 0 amide bonds. The summed E-state index contributed by atoms with van der Waals surface area (Å²) in [5.41, 5.74) is 4.34. The van der Waals surface area contributed by atoms with E-state index in [-0.39, 0.29) is 12.4 Å². The molecule has 0 spiro atoms. The molecule has 0 atom stereocenters. The van der Waals surface area contributed by atoms with Gasteiger partial charge < -0.3 is 14.8 Å². The fourth-order valence-corrected chi connectivity index (χ4v) is 3.93. The van der Waals surface area contributed by atoms with Gasteiger partial charge in [-0.25, -0.2) is 4.39 Å². The molecule has 5 heteroatoms. The lowest BCUT2D eigenvalue weighted by atomic mass is 10.1. The minimum Gasteiger partial charge on any atom is -0.490 e. The van der Waals surface area contributed by atoms with Gasteiger partial charge >= 0.3 is 0 Å². The van der Waals surface area contributed by atoms with Gasteiger partial charge in [0.2, 0.25) is 0 Å². The van der Waals surface area contributed by atoms with Crippen LogP contribution in [0.2, 0.25) is 0 Å². The van der Waals surface area contributed by atoms with Crippen LogP contribution in [0, 0.1) is 9.39 Å². The third-order valence-corrected chi connectivity index (χ3v) is 5.32. The minimum atomic E-state index is -0.264. The van der Waals surface area contributed by atoms with Crippen LogP contribution in [-0.2, 0) is 19.6 Å². The van der Waals surface area contributed by atoms with Gasteiger partial charge in [0.15, 0.2) is 11.5 Å². The van der Waals surface area contributed by atoms with Gasteiger partial charge in [0, 0.05) is 12.2 Å². The van der Waals surface area contributed by atoms with E-state index in [0.29, 0.717) is 24.7 Å². The standard InChI is InChI=1S/C24H25FINO2/c1-3-19-9-5-6-11-22(19)27-15-18-13-21(26)24(23(14-18)28-4-2)29-16-17-8-7-10-20(25)12-17/h5-14,27H,3-4,15-16H2,1-2H3. The number of ether oxygens (including phenoxy) is 2. The Morgan fingerprint density at radius 1 is 0.931 bits per heavy atom. The van der Waals surface area contributed by atoms with E-state index in [1.165, 1.54) is 17.7 Å². The molecule has 0 fully saturated rings. The van der Waals surface area contributed by atoms with Crippen LogP contribution in [0.5, 0.6) is 11.5 Å². The van der Waals surface area contributed by atoms with E-state index in [4.69, 9.17) is 9.47 Å². The van der Waals surface area contributed by atoms with Gasteiger partial charge in [0.1, 0.15) is 12.4 Å². The Morgan fingerprint density at radius 3 is 2.52 bits per heavy atom. The van der Waals surface area contributed by atoms with Crippen molar-refractivity contribution in [1.82, 2.24) is 0 Å². The molecule has 0 saturated heterocycles. The molecule has 0 radical (unpaired) electrons. The number of anilines is 1. The quantitative estimate of drug-likeness (QED) is 0.333. The maximum Gasteiger partial charge on any atom is 0.174 e. The Bertz CT molecular complexity index is 961. The van der Waals surface area contributed by atoms with Crippen molar-refractivity contribution in [2.45, 2.75) is 33.4 Å². The van der Waals surface area contributed by atoms with E-state index in [0.717, 1.165) is 26.8 Å². The second-order valence-corrected chi connectivity index (χ2v) is 7.78. The highest BCUT2D eigenvalue weighted by Crippen LogP contribution is 2.35. The Hall–Kier alpha value is -2.28. The Morgan fingerprint density at radius 2 is 1.76 bits per heavy atom. The van der Waals surface area contributed by atoms with E-state index >= 15 is 0 Å². The van der Waals surface area contributed by atoms with Crippen molar-refractivity contribution in [3.63, 3.8) is 0 Å². The number of para-hydroxylation sites is 1. The molecule has 3 nitrogen and oxygen atoms in total. The molecule has 0 aliphatic carbocycles. The molecule has 0 aromatic heterocycles. The van der Waals surface area contributed by atoms with Gasteiger partial charge in [-0.3, -0.25) is 0 Å². The van der Waals surface area contributed by atoms with Crippen molar-refractivity contribution < 1.29 is 13.9 Å². The summed E-state index contributed by atoms with van der Waals surface area (Å²) < 4.78 is 26.2. The second-order valence-electron chi connectivity index (χ2n) is 6.62. The highest BCUT2D eigenvalue weighted by Gasteiger charge is 2.13. The van der Waals surface area contributed by atoms with Crippen LogP contribution in [0.3, 0.4) is 0 Å². The molecule has 3 rings (SSSR count). The number of halogens is 2. The molecule has 0 bridgehead atoms. The lowest BCUT2D eigenvalue weighted by molar-refractivity contribution is 0.267. The summed E-state index contributed by atoms with van der Waals surface area (Å²) in [6.45, 7) is 5.63. The smallest absolute Gasteiger partial charge is 0.174 e. The van der Waals surface area contributed by atoms with E-state index in [1.807, 2.05) is 25.1 Å². The lowest BCUT2D eigenvalue weighted by Crippen LogP contribution is -2.06. The normalized spacial score (nSPS) is 10.6. The van der Waals surface area contributed by atoms with E-state index in [1.54, 1.807) is 6.07 Å². The largest absolute Gasteiger partial charge is 0.490 e. The number of nitrogens with one attached hydrogen (secondary N) is 1. The van der Waals surface area contributed by atoms with Crippen molar-refractivity contribution >= 4 is 28.3 Å². The highest BCUT2D eigenvalue weighted by atomic mass is 127. The first kappa shape index (κ1) is 21.4. The first-order valence-electron chi connectivity index (χ1n) is 9.75. The zero-order valence-corrected chi connectivity index (χ0v) is 18.8. The first-order valence-corrected chi connectivity index (χ1v) is 10.8. The molecule has 0 unspecified atom stereocenters. The molecule has 0 aliphatic heterocycles. The number of hydrogen-bond acceptors (Lipinski definition) is 3. The minimum absolute atomic E-state index is 0.264. The predicted molar refractivity (Wildman–Crippen MR) is 124 cm³/mol. The third kappa shape index (κ3) is 5.85. The molecule has 0 saturated carbocycles. The summed E-state index contributed by atoms with van der Waals surface area (Å²) in [5.74, 6) is 1.13. The van der Waals surface area contributed by atoms with Crippen LogP contribution in [0.15, 0.2) is 60.7 Å². The van der Waals surface area contributed by atoms with E-state index in [9.17, 15) is 4.39 Å². The molecular formula is C24H25FINO2. The van der Waals surface area contributed by atoms with Gasteiger partial charge in [0.05, 0.1) is 10.2 Å². The lowest BCUT2D eigenvalue weighted by Gasteiger charge is -2.17. The van der Waals surface area contributed by atoms with Crippen LogP contribution in [0.25, 0.3) is 0 Å². The average molecular weight is 505 g/mol. The summed E-state index contributed by atoms with van der Waals surface area (Å²) in [7, 11) is 0. The zero-order chi connectivity index (χ0) is 20.6. The Balaban J connectivity index is 1.76. The molecule has 0 aliphatic rings. The van der Waals surface area contributed by atoms with Crippen molar-refractivity contribution in [3.8, 4) is 11.5 Å². The van der Waals surface area contributed by atoms with Crippen LogP contribution < -0.4 is 14.8 Å². The number of aryl methyl sites for hydroxylation is 1. The van der Waals surface area contributed by atoms with Crippen molar-refractivity contribution in [1.29, 1.82) is 0 Å². The second kappa shape index (κ2) is 10.5. The number of benzene rings is 3. The summed E-state index contributed by atoms with van der Waals surface area (Å²) in [6.07, 6.45) is 0.984. The van der Waals surface area contributed by atoms with Gasteiger partial charge in [-0.05, 0) is 83.0 Å². The van der Waals surface area contributed by atoms with Crippen LogP contribution in [0.4, 0.5) is 10.1 Å². The summed E-state index contributed by atoms with van der Waals surface area (Å²) >= 11 is 2.26. The van der Waals surface area contributed by atoms with Crippen LogP contribution in [0.1, 0.15) is 30.5 Å². The van der Waals surface area contributed by atoms with Crippen LogP contribution >= 0.6 is 22.6 Å². The fraction of sp³-hybridized carbons (Fsp3) is 0.250. The Kier molecular flexibility index (Phi) is 7.75. The maximum absolute atomic E-state index is 13.4. The average Bonchev–Trinajstić information content (AvgIpc) is 2.72. The Labute approximate surface area is 185 Å².